The molecule has 0 atom stereocenters. The van der Waals surface area contributed by atoms with Crippen molar-refractivity contribution in [3.05, 3.63) is 158 Å². The number of hydrogen-bond donors (Lipinski definition) is 0. The molecule has 0 radical (unpaired) electrons. The first-order valence-electron chi connectivity index (χ1n) is 16.9. The zero-order valence-electron chi connectivity index (χ0n) is 27.1. The van der Waals surface area contributed by atoms with Gasteiger partial charge in [0.2, 0.25) is 0 Å². The fourth-order valence-electron chi connectivity index (χ4n) is 7.50. The standard InChI is InChI=1S/C45H26N4OS/c1-3-12-27(13-4-1)43-46-44(28-22-23-32-31-17-8-10-21-40(31)51-41(32)24-28)48-45(47-43)34-19-11-18-33-36-25-35-30-16-7-9-20-37(30)49(29-14-5-2-6-15-29)38(35)26-39(36)50-42(33)34/h1-26H. The summed E-state index contributed by atoms with van der Waals surface area (Å²) in [6.07, 6.45) is 0. The second-order valence-corrected chi connectivity index (χ2v) is 13.9. The maximum absolute atomic E-state index is 6.80. The predicted octanol–water partition coefficient (Wildman–Crippen LogP) is 12.2. The summed E-state index contributed by atoms with van der Waals surface area (Å²) < 4.78 is 11.6. The molecule has 7 aromatic carbocycles. The summed E-state index contributed by atoms with van der Waals surface area (Å²) in [5, 5.41) is 6.97. The van der Waals surface area contributed by atoms with Crippen molar-refractivity contribution in [1.82, 2.24) is 19.5 Å². The first-order chi connectivity index (χ1) is 25.3. The average Bonchev–Trinajstić information content (AvgIpc) is 3.86. The summed E-state index contributed by atoms with van der Waals surface area (Å²) in [7, 11) is 0. The lowest BCUT2D eigenvalue weighted by Crippen LogP contribution is -2.00. The molecule has 6 heteroatoms. The van der Waals surface area contributed by atoms with Crippen LogP contribution in [0.5, 0.6) is 0 Å². The van der Waals surface area contributed by atoms with Gasteiger partial charge in [-0.25, -0.2) is 15.0 Å². The van der Waals surface area contributed by atoms with Crippen LogP contribution in [-0.4, -0.2) is 19.5 Å². The van der Waals surface area contributed by atoms with Gasteiger partial charge in [0.1, 0.15) is 11.2 Å². The molecular weight excluding hydrogens is 645 g/mol. The Morgan fingerprint density at radius 2 is 1.12 bits per heavy atom. The van der Waals surface area contributed by atoms with Crippen molar-refractivity contribution in [1.29, 1.82) is 0 Å². The molecule has 0 unspecified atom stereocenters. The smallest absolute Gasteiger partial charge is 0.167 e. The van der Waals surface area contributed by atoms with Gasteiger partial charge in [0.25, 0.3) is 0 Å². The number of thiophene rings is 1. The summed E-state index contributed by atoms with van der Waals surface area (Å²) in [6, 6.07) is 54.9. The Kier molecular flexibility index (Phi) is 6.05. The molecule has 0 saturated carbocycles. The Labute approximate surface area is 295 Å². The number of fused-ring (bicyclic) bond motifs is 9. The maximum Gasteiger partial charge on any atom is 0.167 e. The number of benzene rings is 7. The molecule has 0 amide bonds. The molecule has 5 nitrogen and oxygen atoms in total. The molecule has 4 heterocycles. The van der Waals surface area contributed by atoms with E-state index >= 15 is 0 Å². The van der Waals surface area contributed by atoms with Gasteiger partial charge >= 0.3 is 0 Å². The van der Waals surface area contributed by atoms with E-state index in [4.69, 9.17) is 19.4 Å². The third kappa shape index (κ3) is 4.37. The molecule has 238 valence electrons. The number of nitrogens with zero attached hydrogens (tertiary/aromatic N) is 4. The molecule has 51 heavy (non-hydrogen) atoms. The first-order valence-corrected chi connectivity index (χ1v) is 17.8. The summed E-state index contributed by atoms with van der Waals surface area (Å²) in [6.45, 7) is 0. The van der Waals surface area contributed by atoms with Crippen LogP contribution in [0, 0.1) is 0 Å². The molecule has 0 aliphatic heterocycles. The summed E-state index contributed by atoms with van der Waals surface area (Å²) >= 11 is 1.79. The third-order valence-corrected chi connectivity index (χ3v) is 11.0. The fraction of sp³-hybridized carbons (Fsp3) is 0. The molecule has 11 rings (SSSR count). The fourth-order valence-corrected chi connectivity index (χ4v) is 8.64. The molecule has 0 saturated heterocycles. The van der Waals surface area contributed by atoms with E-state index in [9.17, 15) is 0 Å². The Morgan fingerprint density at radius 1 is 0.431 bits per heavy atom. The lowest BCUT2D eigenvalue weighted by atomic mass is 10.1. The normalized spacial score (nSPS) is 11.9. The molecule has 0 spiro atoms. The van der Waals surface area contributed by atoms with E-state index < -0.39 is 0 Å². The lowest BCUT2D eigenvalue weighted by Gasteiger charge is -2.09. The van der Waals surface area contributed by atoms with Gasteiger partial charge in [0, 0.05) is 64.6 Å². The van der Waals surface area contributed by atoms with Crippen LogP contribution in [0.1, 0.15) is 0 Å². The van der Waals surface area contributed by atoms with Gasteiger partial charge in [-0.2, -0.15) is 0 Å². The number of rotatable bonds is 4. The quantitative estimate of drug-likeness (QED) is 0.187. The van der Waals surface area contributed by atoms with E-state index in [1.165, 1.54) is 30.9 Å². The molecule has 11 aromatic rings. The highest BCUT2D eigenvalue weighted by Crippen LogP contribution is 2.41. The van der Waals surface area contributed by atoms with E-state index in [0.717, 1.165) is 55.3 Å². The molecule has 0 bridgehead atoms. The summed E-state index contributed by atoms with van der Waals surface area (Å²) in [5.41, 5.74) is 7.65. The SMILES string of the molecule is c1ccc(-c2nc(-c3ccc4c(c3)sc3ccccc34)nc(-c3cccc4c3oc3cc5c(cc34)c3ccccc3n5-c3ccccc3)n2)cc1. The van der Waals surface area contributed by atoms with Gasteiger partial charge < -0.3 is 8.98 Å². The largest absolute Gasteiger partial charge is 0.455 e. The summed E-state index contributed by atoms with van der Waals surface area (Å²) in [4.78, 5) is 15.2. The van der Waals surface area contributed by atoms with Gasteiger partial charge in [-0.1, -0.05) is 109 Å². The third-order valence-electron chi connectivity index (χ3n) is 9.85. The first kappa shape index (κ1) is 28.2. The monoisotopic (exact) mass is 670 g/mol. The predicted molar refractivity (Wildman–Crippen MR) is 211 cm³/mol. The zero-order chi connectivity index (χ0) is 33.5. The van der Waals surface area contributed by atoms with Gasteiger partial charge in [-0.15, -0.1) is 11.3 Å². The highest BCUT2D eigenvalue weighted by molar-refractivity contribution is 7.25. The maximum atomic E-state index is 6.80. The number of para-hydroxylation sites is 3. The van der Waals surface area contributed by atoms with Crippen molar-refractivity contribution in [2.75, 3.05) is 0 Å². The summed E-state index contributed by atoms with van der Waals surface area (Å²) in [5.74, 6) is 1.82. The van der Waals surface area contributed by atoms with Crippen LogP contribution in [0.25, 0.3) is 104 Å². The molecule has 4 aromatic heterocycles. The van der Waals surface area contributed by atoms with Crippen molar-refractivity contribution in [2.45, 2.75) is 0 Å². The minimum atomic E-state index is 0.573. The Balaban J connectivity index is 1.14. The van der Waals surface area contributed by atoms with Crippen molar-refractivity contribution < 1.29 is 4.42 Å². The van der Waals surface area contributed by atoms with Crippen molar-refractivity contribution >= 4 is 75.3 Å². The van der Waals surface area contributed by atoms with Gasteiger partial charge in [-0.05, 0) is 42.5 Å². The van der Waals surface area contributed by atoms with Gasteiger partial charge in [0.15, 0.2) is 17.5 Å². The number of furan rings is 1. The second-order valence-electron chi connectivity index (χ2n) is 12.8. The van der Waals surface area contributed by atoms with E-state index in [1.807, 2.05) is 36.4 Å². The highest BCUT2D eigenvalue weighted by Gasteiger charge is 2.20. The van der Waals surface area contributed by atoms with Crippen LogP contribution in [0.3, 0.4) is 0 Å². The van der Waals surface area contributed by atoms with Gasteiger partial charge in [-0.3, -0.25) is 0 Å². The van der Waals surface area contributed by atoms with Gasteiger partial charge in [0.05, 0.1) is 16.6 Å². The topological polar surface area (TPSA) is 56.7 Å². The molecule has 0 fully saturated rings. The van der Waals surface area contributed by atoms with Crippen LogP contribution in [0.4, 0.5) is 0 Å². The Hall–Kier alpha value is -6.63. The average molecular weight is 671 g/mol. The van der Waals surface area contributed by atoms with Crippen molar-refractivity contribution in [3.63, 3.8) is 0 Å². The molecule has 0 aliphatic carbocycles. The van der Waals surface area contributed by atoms with Crippen molar-refractivity contribution in [2.24, 2.45) is 0 Å². The van der Waals surface area contributed by atoms with E-state index in [0.29, 0.717) is 17.5 Å². The van der Waals surface area contributed by atoms with E-state index in [2.05, 4.69) is 126 Å². The number of aromatic nitrogens is 4. The van der Waals surface area contributed by atoms with Crippen LogP contribution in [0.2, 0.25) is 0 Å². The van der Waals surface area contributed by atoms with Crippen molar-refractivity contribution in [3.8, 4) is 39.9 Å². The van der Waals surface area contributed by atoms with E-state index in [1.54, 1.807) is 11.3 Å². The Bertz CT molecular complexity index is 3140. The minimum absolute atomic E-state index is 0.573. The number of hydrogen-bond acceptors (Lipinski definition) is 5. The molecule has 0 N–H and O–H groups in total. The zero-order valence-corrected chi connectivity index (χ0v) is 27.9. The minimum Gasteiger partial charge on any atom is -0.455 e. The van der Waals surface area contributed by atoms with Crippen LogP contribution < -0.4 is 0 Å². The van der Waals surface area contributed by atoms with Crippen LogP contribution >= 0.6 is 11.3 Å². The van der Waals surface area contributed by atoms with E-state index in [-0.39, 0.29) is 0 Å². The van der Waals surface area contributed by atoms with Crippen LogP contribution in [-0.2, 0) is 0 Å². The van der Waals surface area contributed by atoms with Crippen LogP contribution in [0.15, 0.2) is 162 Å². The molecular formula is C45H26N4OS. The highest BCUT2D eigenvalue weighted by atomic mass is 32.1. The second kappa shape index (κ2) is 10.9. The Morgan fingerprint density at radius 3 is 1.98 bits per heavy atom. The lowest BCUT2D eigenvalue weighted by molar-refractivity contribution is 0.670. The molecule has 0 aliphatic rings.